The van der Waals surface area contributed by atoms with E-state index in [0.29, 0.717) is 0 Å². The average Bonchev–Trinajstić information content (AvgIpc) is 3.30. The van der Waals surface area contributed by atoms with E-state index in [1.807, 2.05) is 12.4 Å². The maximum absolute atomic E-state index is 4.56. The second-order valence-corrected chi connectivity index (χ2v) is 5.74. The molecule has 20 heavy (non-hydrogen) atoms. The van der Waals surface area contributed by atoms with E-state index in [-0.39, 0.29) is 0 Å². The lowest BCUT2D eigenvalue weighted by Gasteiger charge is -2.22. The summed E-state index contributed by atoms with van der Waals surface area (Å²) < 4.78 is 0. The van der Waals surface area contributed by atoms with E-state index in [4.69, 9.17) is 0 Å². The second-order valence-electron chi connectivity index (χ2n) is 5.74. The molecule has 1 aliphatic carbocycles. The van der Waals surface area contributed by atoms with Gasteiger partial charge in [0.2, 0.25) is 5.95 Å². The molecule has 0 spiro atoms. The molecule has 1 N–H and O–H groups in total. The number of aromatic nitrogens is 2. The number of nitrogens with zero attached hydrogens (tertiary/aromatic N) is 3. The first-order valence-electron chi connectivity index (χ1n) is 8.12. The van der Waals surface area contributed by atoms with E-state index < -0.39 is 0 Å². The van der Waals surface area contributed by atoms with Gasteiger partial charge in [-0.25, -0.2) is 9.97 Å². The van der Waals surface area contributed by atoms with Gasteiger partial charge in [-0.3, -0.25) is 0 Å². The molecule has 1 aliphatic rings. The molecule has 0 radical (unpaired) electrons. The van der Waals surface area contributed by atoms with E-state index >= 15 is 0 Å². The predicted molar refractivity (Wildman–Crippen MR) is 83.9 cm³/mol. The van der Waals surface area contributed by atoms with E-state index in [9.17, 15) is 0 Å². The topological polar surface area (TPSA) is 41.1 Å². The van der Waals surface area contributed by atoms with Crippen molar-refractivity contribution < 1.29 is 0 Å². The van der Waals surface area contributed by atoms with Crippen LogP contribution in [0.2, 0.25) is 0 Å². The van der Waals surface area contributed by atoms with E-state index in [0.717, 1.165) is 31.6 Å². The minimum Gasteiger partial charge on any atom is -0.341 e. The number of nitrogens with one attached hydrogen (secondary N) is 1. The second kappa shape index (κ2) is 8.20. The highest BCUT2D eigenvalue weighted by molar-refractivity contribution is 5.29. The highest BCUT2D eigenvalue weighted by atomic mass is 15.2. The van der Waals surface area contributed by atoms with Gasteiger partial charge in [-0.05, 0) is 25.7 Å². The Kier molecular flexibility index (Phi) is 6.25. The van der Waals surface area contributed by atoms with E-state index in [1.165, 1.54) is 44.1 Å². The lowest BCUT2D eigenvalue weighted by atomic mass is 10.2. The number of anilines is 1. The Labute approximate surface area is 123 Å². The summed E-state index contributed by atoms with van der Waals surface area (Å²) in [6.45, 7) is 7.48. The molecule has 0 atom stereocenters. The van der Waals surface area contributed by atoms with Crippen LogP contribution in [0.1, 0.15) is 57.9 Å². The van der Waals surface area contributed by atoms with Crippen molar-refractivity contribution in [2.45, 2.75) is 65.0 Å². The number of hydrogen-bond acceptors (Lipinski definition) is 4. The van der Waals surface area contributed by atoms with Crippen molar-refractivity contribution in [2.75, 3.05) is 18.0 Å². The zero-order chi connectivity index (χ0) is 14.2. The number of rotatable bonds is 10. The van der Waals surface area contributed by atoms with Gasteiger partial charge in [0.15, 0.2) is 0 Å². The SMILES string of the molecule is CCCCN(CCCC)c1ncc(CNC2CC2)cn1. The first-order valence-corrected chi connectivity index (χ1v) is 8.12. The smallest absolute Gasteiger partial charge is 0.225 e. The molecule has 0 aromatic carbocycles. The molecule has 0 aliphatic heterocycles. The normalized spacial score (nSPS) is 14.5. The average molecular weight is 276 g/mol. The van der Waals surface area contributed by atoms with Gasteiger partial charge in [-0.15, -0.1) is 0 Å². The van der Waals surface area contributed by atoms with Crippen LogP contribution in [0.3, 0.4) is 0 Å². The van der Waals surface area contributed by atoms with Crippen molar-refractivity contribution in [2.24, 2.45) is 0 Å². The molecule has 0 unspecified atom stereocenters. The van der Waals surface area contributed by atoms with Crippen LogP contribution in [0, 0.1) is 0 Å². The van der Waals surface area contributed by atoms with Crippen LogP contribution in [0.25, 0.3) is 0 Å². The lowest BCUT2D eigenvalue weighted by molar-refractivity contribution is 0.657. The summed E-state index contributed by atoms with van der Waals surface area (Å²) in [5.74, 6) is 0.891. The zero-order valence-electron chi connectivity index (χ0n) is 12.9. The van der Waals surface area contributed by atoms with Crippen molar-refractivity contribution in [3.05, 3.63) is 18.0 Å². The largest absolute Gasteiger partial charge is 0.341 e. The molecule has 4 nitrogen and oxygen atoms in total. The molecular formula is C16H28N4. The van der Waals surface area contributed by atoms with Gasteiger partial charge in [0.05, 0.1) is 0 Å². The Balaban J connectivity index is 1.88. The van der Waals surface area contributed by atoms with Gasteiger partial charge in [0, 0.05) is 43.6 Å². The number of unbranched alkanes of at least 4 members (excludes halogenated alkanes) is 2. The monoisotopic (exact) mass is 276 g/mol. The Hall–Kier alpha value is -1.16. The Morgan fingerprint density at radius 1 is 1.10 bits per heavy atom. The summed E-state index contributed by atoms with van der Waals surface area (Å²) in [7, 11) is 0. The molecule has 1 saturated carbocycles. The molecule has 1 fully saturated rings. The summed E-state index contributed by atoms with van der Waals surface area (Å²) in [6, 6.07) is 0.736. The minimum absolute atomic E-state index is 0.736. The Morgan fingerprint density at radius 2 is 1.70 bits per heavy atom. The first-order chi connectivity index (χ1) is 9.83. The van der Waals surface area contributed by atoms with Crippen molar-refractivity contribution >= 4 is 5.95 Å². The fourth-order valence-corrected chi connectivity index (χ4v) is 2.16. The first kappa shape index (κ1) is 15.2. The van der Waals surface area contributed by atoms with Crippen LogP contribution >= 0.6 is 0 Å². The Bertz CT molecular complexity index is 365. The molecule has 0 amide bonds. The van der Waals surface area contributed by atoms with Crippen molar-refractivity contribution in [3.63, 3.8) is 0 Å². The highest BCUT2D eigenvalue weighted by Crippen LogP contribution is 2.19. The molecule has 0 saturated heterocycles. The van der Waals surface area contributed by atoms with Gasteiger partial charge in [-0.2, -0.15) is 0 Å². The third kappa shape index (κ3) is 5.08. The summed E-state index contributed by atoms with van der Waals surface area (Å²) in [4.78, 5) is 11.4. The van der Waals surface area contributed by atoms with Crippen molar-refractivity contribution in [1.82, 2.24) is 15.3 Å². The fourth-order valence-electron chi connectivity index (χ4n) is 2.16. The maximum Gasteiger partial charge on any atom is 0.225 e. The quantitative estimate of drug-likeness (QED) is 0.713. The number of hydrogen-bond donors (Lipinski definition) is 1. The summed E-state index contributed by atoms with van der Waals surface area (Å²) >= 11 is 0. The van der Waals surface area contributed by atoms with Gasteiger partial charge in [0.25, 0.3) is 0 Å². The third-order valence-corrected chi connectivity index (χ3v) is 3.71. The standard InChI is InChI=1S/C16H28N4/c1-3-5-9-20(10-6-4-2)16-18-12-14(13-19-16)11-17-15-7-8-15/h12-13,15,17H,3-11H2,1-2H3. The van der Waals surface area contributed by atoms with Crippen LogP contribution in [0.4, 0.5) is 5.95 Å². The van der Waals surface area contributed by atoms with Crippen LogP contribution in [0.5, 0.6) is 0 Å². The molecule has 112 valence electrons. The van der Waals surface area contributed by atoms with Crippen LogP contribution in [-0.2, 0) is 6.54 Å². The molecule has 1 heterocycles. The van der Waals surface area contributed by atoms with Crippen LogP contribution in [-0.4, -0.2) is 29.1 Å². The minimum atomic E-state index is 0.736. The van der Waals surface area contributed by atoms with Gasteiger partial charge < -0.3 is 10.2 Å². The molecule has 2 rings (SSSR count). The van der Waals surface area contributed by atoms with Crippen LogP contribution < -0.4 is 10.2 Å². The predicted octanol–water partition coefficient (Wildman–Crippen LogP) is 3.14. The highest BCUT2D eigenvalue weighted by Gasteiger charge is 2.20. The molecular weight excluding hydrogens is 248 g/mol. The van der Waals surface area contributed by atoms with E-state index in [2.05, 4.69) is 34.0 Å². The van der Waals surface area contributed by atoms with E-state index in [1.54, 1.807) is 0 Å². The van der Waals surface area contributed by atoms with Crippen molar-refractivity contribution in [3.8, 4) is 0 Å². The van der Waals surface area contributed by atoms with Crippen molar-refractivity contribution in [1.29, 1.82) is 0 Å². The van der Waals surface area contributed by atoms with Gasteiger partial charge >= 0.3 is 0 Å². The summed E-state index contributed by atoms with van der Waals surface area (Å²) in [5, 5.41) is 3.50. The molecule has 1 aromatic rings. The third-order valence-electron chi connectivity index (χ3n) is 3.71. The molecule has 1 aromatic heterocycles. The summed E-state index contributed by atoms with van der Waals surface area (Å²) in [5.41, 5.74) is 1.19. The summed E-state index contributed by atoms with van der Waals surface area (Å²) in [6.07, 6.45) is 11.4. The van der Waals surface area contributed by atoms with Gasteiger partial charge in [-0.1, -0.05) is 26.7 Å². The van der Waals surface area contributed by atoms with Crippen LogP contribution in [0.15, 0.2) is 12.4 Å². The van der Waals surface area contributed by atoms with Gasteiger partial charge in [0.1, 0.15) is 0 Å². The zero-order valence-corrected chi connectivity index (χ0v) is 12.9. The fraction of sp³-hybridized carbons (Fsp3) is 0.750. The lowest BCUT2D eigenvalue weighted by Crippen LogP contribution is -2.27. The molecule has 4 heteroatoms. The maximum atomic E-state index is 4.56. The Morgan fingerprint density at radius 3 is 2.20 bits per heavy atom. The molecule has 0 bridgehead atoms.